The average molecular weight is 644 g/mol. The summed E-state index contributed by atoms with van der Waals surface area (Å²) in [7, 11) is 0. The van der Waals surface area contributed by atoms with E-state index in [1.54, 1.807) is 0 Å². The van der Waals surface area contributed by atoms with Gasteiger partial charge < -0.3 is 9.32 Å². The predicted molar refractivity (Wildman–Crippen MR) is 210 cm³/mol. The van der Waals surface area contributed by atoms with Crippen LogP contribution in [0.2, 0.25) is 0 Å². The number of anilines is 3. The first-order valence-corrected chi connectivity index (χ1v) is 17.4. The van der Waals surface area contributed by atoms with Gasteiger partial charge in [-0.25, -0.2) is 0 Å². The summed E-state index contributed by atoms with van der Waals surface area (Å²) in [6.07, 6.45) is 0. The highest BCUT2D eigenvalue weighted by Gasteiger charge is 2.19. The lowest BCUT2D eigenvalue weighted by Crippen LogP contribution is -2.09. The predicted octanol–water partition coefficient (Wildman–Crippen LogP) is 13.9. The van der Waals surface area contributed by atoms with Gasteiger partial charge in [-0.3, -0.25) is 0 Å². The molecule has 3 heteroatoms. The molecule has 49 heavy (non-hydrogen) atoms. The largest absolute Gasteiger partial charge is 0.456 e. The Morgan fingerprint density at radius 2 is 0.959 bits per heavy atom. The summed E-state index contributed by atoms with van der Waals surface area (Å²) in [4.78, 5) is 2.32. The van der Waals surface area contributed by atoms with Gasteiger partial charge in [0.15, 0.2) is 0 Å². The Labute approximate surface area is 287 Å². The zero-order chi connectivity index (χ0) is 32.3. The van der Waals surface area contributed by atoms with E-state index in [4.69, 9.17) is 4.42 Å². The molecule has 0 atom stereocenters. The van der Waals surface area contributed by atoms with Crippen molar-refractivity contribution in [2.24, 2.45) is 0 Å². The SMILES string of the molecule is c1ccc(-c2ccc(N(c3ccc(-c4ccccc4)cc3)c3ccc4c(c3)oc3ccc5c(sc6ccc7ccccc7c65)c34)cc2)cc1. The number of benzene rings is 8. The summed E-state index contributed by atoms with van der Waals surface area (Å²) in [6.45, 7) is 0. The normalized spacial score (nSPS) is 11.7. The Morgan fingerprint density at radius 1 is 0.388 bits per heavy atom. The van der Waals surface area contributed by atoms with E-state index < -0.39 is 0 Å². The lowest BCUT2D eigenvalue weighted by atomic mass is 10.0. The smallest absolute Gasteiger partial charge is 0.137 e. The second-order valence-corrected chi connectivity index (χ2v) is 13.6. The maximum absolute atomic E-state index is 6.64. The Bertz CT molecular complexity index is 2710. The minimum atomic E-state index is 0.883. The maximum atomic E-state index is 6.64. The van der Waals surface area contributed by atoms with Gasteiger partial charge in [0.25, 0.3) is 0 Å². The average Bonchev–Trinajstić information content (AvgIpc) is 3.74. The molecule has 2 aromatic heterocycles. The van der Waals surface area contributed by atoms with E-state index in [1.807, 2.05) is 11.3 Å². The fourth-order valence-electron chi connectivity index (χ4n) is 7.31. The van der Waals surface area contributed by atoms with Crippen LogP contribution in [0.4, 0.5) is 17.1 Å². The van der Waals surface area contributed by atoms with E-state index in [9.17, 15) is 0 Å². The van der Waals surface area contributed by atoms with Gasteiger partial charge in [-0.1, -0.05) is 115 Å². The van der Waals surface area contributed by atoms with Gasteiger partial charge in [0.2, 0.25) is 0 Å². The lowest BCUT2D eigenvalue weighted by Gasteiger charge is -2.26. The highest BCUT2D eigenvalue weighted by Crippen LogP contribution is 2.46. The van der Waals surface area contributed by atoms with Crippen molar-refractivity contribution in [1.29, 1.82) is 0 Å². The zero-order valence-corrected chi connectivity index (χ0v) is 27.3. The second-order valence-electron chi connectivity index (χ2n) is 12.5. The number of nitrogens with zero attached hydrogens (tertiary/aromatic N) is 1. The summed E-state index contributed by atoms with van der Waals surface area (Å²) in [5, 5.41) is 7.51. The molecule has 8 aromatic carbocycles. The van der Waals surface area contributed by atoms with Crippen LogP contribution < -0.4 is 4.90 Å². The number of fused-ring (bicyclic) bond motifs is 9. The minimum Gasteiger partial charge on any atom is -0.456 e. The van der Waals surface area contributed by atoms with Crippen molar-refractivity contribution in [1.82, 2.24) is 0 Å². The molecule has 0 aliphatic rings. The van der Waals surface area contributed by atoms with Crippen LogP contribution in [-0.4, -0.2) is 0 Å². The summed E-state index contributed by atoms with van der Waals surface area (Å²) in [5.41, 5.74) is 9.81. The highest BCUT2D eigenvalue weighted by molar-refractivity contribution is 7.27. The van der Waals surface area contributed by atoms with Crippen molar-refractivity contribution in [2.75, 3.05) is 4.90 Å². The number of thiophene rings is 1. The van der Waals surface area contributed by atoms with Crippen LogP contribution in [-0.2, 0) is 0 Å². The molecule has 10 aromatic rings. The Hall–Kier alpha value is -6.16. The zero-order valence-electron chi connectivity index (χ0n) is 26.5. The number of furan rings is 1. The third kappa shape index (κ3) is 4.62. The van der Waals surface area contributed by atoms with Crippen molar-refractivity contribution >= 4 is 81.3 Å². The molecule has 0 aliphatic carbocycles. The molecular weight excluding hydrogens is 615 g/mol. The third-order valence-corrected chi connectivity index (χ3v) is 10.9. The fraction of sp³-hybridized carbons (Fsp3) is 0. The number of rotatable bonds is 5. The monoisotopic (exact) mass is 643 g/mol. The third-order valence-electron chi connectivity index (χ3n) is 9.67. The van der Waals surface area contributed by atoms with Gasteiger partial charge in [-0.2, -0.15) is 0 Å². The second kappa shape index (κ2) is 11.2. The molecule has 2 nitrogen and oxygen atoms in total. The van der Waals surface area contributed by atoms with Crippen molar-refractivity contribution in [3.63, 3.8) is 0 Å². The van der Waals surface area contributed by atoms with E-state index >= 15 is 0 Å². The maximum Gasteiger partial charge on any atom is 0.137 e. The first kappa shape index (κ1) is 27.9. The molecule has 0 N–H and O–H groups in total. The van der Waals surface area contributed by atoms with Crippen molar-refractivity contribution in [3.05, 3.63) is 176 Å². The highest BCUT2D eigenvalue weighted by atomic mass is 32.1. The Morgan fingerprint density at radius 3 is 1.63 bits per heavy atom. The van der Waals surface area contributed by atoms with Gasteiger partial charge in [0.1, 0.15) is 11.2 Å². The van der Waals surface area contributed by atoms with Gasteiger partial charge in [-0.15, -0.1) is 11.3 Å². The summed E-state index contributed by atoms with van der Waals surface area (Å²) in [5.74, 6) is 0. The molecule has 0 unspecified atom stereocenters. The Balaban J connectivity index is 1.13. The van der Waals surface area contributed by atoms with Crippen LogP contribution in [0.25, 0.3) is 75.1 Å². The van der Waals surface area contributed by atoms with Crippen molar-refractivity contribution < 1.29 is 4.42 Å². The number of hydrogen-bond donors (Lipinski definition) is 0. The minimum absolute atomic E-state index is 0.883. The molecule has 0 saturated carbocycles. The molecule has 0 spiro atoms. The van der Waals surface area contributed by atoms with Crippen LogP contribution in [0.15, 0.2) is 180 Å². The van der Waals surface area contributed by atoms with Gasteiger partial charge in [0.05, 0.1) is 0 Å². The summed E-state index contributed by atoms with van der Waals surface area (Å²) < 4.78 is 9.22. The lowest BCUT2D eigenvalue weighted by molar-refractivity contribution is 0.669. The van der Waals surface area contributed by atoms with Crippen LogP contribution in [0.1, 0.15) is 0 Å². The quantitative estimate of drug-likeness (QED) is 0.186. The molecule has 0 aliphatic heterocycles. The van der Waals surface area contributed by atoms with Crippen molar-refractivity contribution in [3.8, 4) is 22.3 Å². The summed E-state index contributed by atoms with van der Waals surface area (Å²) in [6, 6.07) is 62.9. The molecule has 0 radical (unpaired) electrons. The molecule has 0 fully saturated rings. The van der Waals surface area contributed by atoms with Gasteiger partial charge in [-0.05, 0) is 87.6 Å². The molecule has 0 amide bonds. The number of hydrogen-bond acceptors (Lipinski definition) is 3. The van der Waals surface area contributed by atoms with Crippen LogP contribution in [0.3, 0.4) is 0 Å². The van der Waals surface area contributed by atoms with E-state index in [0.29, 0.717) is 0 Å². The van der Waals surface area contributed by atoms with Crippen LogP contribution in [0, 0.1) is 0 Å². The molecular formula is C46H29NOS. The fourth-order valence-corrected chi connectivity index (χ4v) is 8.58. The molecule has 0 saturated heterocycles. The topological polar surface area (TPSA) is 16.4 Å². The van der Waals surface area contributed by atoms with E-state index in [2.05, 4.69) is 181 Å². The van der Waals surface area contributed by atoms with E-state index in [1.165, 1.54) is 58.6 Å². The molecule has 2 heterocycles. The summed E-state index contributed by atoms with van der Waals surface area (Å²) >= 11 is 1.86. The van der Waals surface area contributed by atoms with Gasteiger partial charge in [0, 0.05) is 54.1 Å². The van der Waals surface area contributed by atoms with E-state index in [-0.39, 0.29) is 0 Å². The van der Waals surface area contributed by atoms with E-state index in [0.717, 1.165) is 33.6 Å². The molecule has 10 rings (SSSR count). The molecule has 0 bridgehead atoms. The van der Waals surface area contributed by atoms with Crippen molar-refractivity contribution in [2.45, 2.75) is 0 Å². The van der Waals surface area contributed by atoms with Crippen LogP contribution in [0.5, 0.6) is 0 Å². The standard InChI is InChI=1S/C46H29NOS/c1-3-9-30(10-4-1)32-15-20-35(21-16-32)47(36-22-17-33(18-23-36)31-11-5-2-6-12-31)37-24-25-39-42(29-37)48-41-27-26-40-44-38-14-8-7-13-34(38)19-28-43(44)49-46(40)45(39)41/h1-29H. The Kier molecular flexibility index (Phi) is 6.39. The first-order chi connectivity index (χ1) is 24.3. The first-order valence-electron chi connectivity index (χ1n) is 16.6. The molecule has 230 valence electrons. The van der Waals surface area contributed by atoms with Crippen LogP contribution >= 0.6 is 11.3 Å². The van der Waals surface area contributed by atoms with Gasteiger partial charge >= 0.3 is 0 Å².